The number of aryl methyl sites for hydroxylation is 3. The Kier molecular flexibility index (Phi) is 7.40. The normalized spacial score (nSPS) is 10.8. The summed E-state index contributed by atoms with van der Waals surface area (Å²) in [6, 6.07) is 9.58. The highest BCUT2D eigenvalue weighted by Crippen LogP contribution is 2.24. The van der Waals surface area contributed by atoms with Gasteiger partial charge in [-0.2, -0.15) is 0 Å². The zero-order valence-electron chi connectivity index (χ0n) is 16.8. The van der Waals surface area contributed by atoms with E-state index in [1.807, 2.05) is 51.1 Å². The Morgan fingerprint density at radius 1 is 1.14 bits per heavy atom. The van der Waals surface area contributed by atoms with E-state index in [1.54, 1.807) is 20.2 Å². The molecule has 0 saturated carbocycles. The number of carbonyl (C=O) groups is 2. The first-order valence-electron chi connectivity index (χ1n) is 8.85. The second-order valence-corrected chi connectivity index (χ2v) is 7.65. The lowest BCUT2D eigenvalue weighted by Crippen LogP contribution is -2.34. The summed E-state index contributed by atoms with van der Waals surface area (Å²) < 4.78 is 6.18. The number of ether oxygens (including phenoxy) is 1. The molecule has 0 saturated heterocycles. The number of likely N-dealkylation sites (N-methyl/N-ethyl adjacent to an activating group) is 1. The van der Waals surface area contributed by atoms with Gasteiger partial charge in [-0.3, -0.25) is 9.59 Å². The molecule has 0 spiro atoms. The molecule has 0 atom stereocenters. The van der Waals surface area contributed by atoms with Crippen molar-refractivity contribution in [3.63, 3.8) is 0 Å². The minimum absolute atomic E-state index is 0.0362. The maximum absolute atomic E-state index is 12.4. The summed E-state index contributed by atoms with van der Waals surface area (Å²) in [4.78, 5) is 26.1. The Labute approximate surface area is 174 Å². The quantitative estimate of drug-likeness (QED) is 0.667. The van der Waals surface area contributed by atoms with Crippen molar-refractivity contribution in [2.24, 2.45) is 0 Å². The lowest BCUT2D eigenvalue weighted by molar-refractivity contribution is -0.129. The van der Waals surface area contributed by atoms with E-state index >= 15 is 0 Å². The van der Waals surface area contributed by atoms with Crippen molar-refractivity contribution in [2.45, 2.75) is 20.8 Å². The molecule has 2 amide bonds. The number of halogens is 1. The molecule has 0 bridgehead atoms. The highest BCUT2D eigenvalue weighted by atomic mass is 79.9. The Morgan fingerprint density at radius 2 is 1.79 bits per heavy atom. The smallest absolute Gasteiger partial charge is 0.246 e. The molecule has 0 aliphatic rings. The Bertz CT molecular complexity index is 899. The SMILES string of the molecule is COc1ccc(Br)cc1/C=C/C(=O)N(C)CC(=O)Nc1c(C)cc(C)cc1C. The number of rotatable bonds is 6. The molecule has 1 N–H and O–H groups in total. The molecule has 5 nitrogen and oxygen atoms in total. The van der Waals surface area contributed by atoms with Crippen LogP contribution in [0.3, 0.4) is 0 Å². The van der Waals surface area contributed by atoms with E-state index in [0.717, 1.165) is 32.4 Å². The van der Waals surface area contributed by atoms with Crippen LogP contribution >= 0.6 is 15.9 Å². The number of carbonyl (C=O) groups excluding carboxylic acids is 2. The monoisotopic (exact) mass is 444 g/mol. The molecule has 0 fully saturated rings. The van der Waals surface area contributed by atoms with Gasteiger partial charge in [0.1, 0.15) is 5.75 Å². The van der Waals surface area contributed by atoms with Gasteiger partial charge in [-0.25, -0.2) is 0 Å². The van der Waals surface area contributed by atoms with Gasteiger partial charge in [0.15, 0.2) is 0 Å². The predicted octanol–water partition coefficient (Wildman–Crippen LogP) is 4.49. The molecule has 0 aliphatic carbocycles. The average molecular weight is 445 g/mol. The lowest BCUT2D eigenvalue weighted by atomic mass is 10.1. The zero-order chi connectivity index (χ0) is 20.8. The number of hydrogen-bond acceptors (Lipinski definition) is 3. The third kappa shape index (κ3) is 5.70. The third-order valence-electron chi connectivity index (χ3n) is 4.30. The molecule has 2 rings (SSSR count). The third-order valence-corrected chi connectivity index (χ3v) is 4.79. The second-order valence-electron chi connectivity index (χ2n) is 6.74. The fraction of sp³-hybridized carbons (Fsp3) is 0.273. The van der Waals surface area contributed by atoms with Gasteiger partial charge in [0, 0.05) is 28.8 Å². The summed E-state index contributed by atoms with van der Waals surface area (Å²) in [6.45, 7) is 5.90. The van der Waals surface area contributed by atoms with Crippen molar-refractivity contribution < 1.29 is 14.3 Å². The highest BCUT2D eigenvalue weighted by Gasteiger charge is 2.13. The Morgan fingerprint density at radius 3 is 2.39 bits per heavy atom. The number of amides is 2. The summed E-state index contributed by atoms with van der Waals surface area (Å²) in [5, 5.41) is 2.91. The van der Waals surface area contributed by atoms with Crippen LogP contribution in [0.1, 0.15) is 22.3 Å². The van der Waals surface area contributed by atoms with E-state index in [1.165, 1.54) is 11.0 Å². The number of methoxy groups -OCH3 is 1. The van der Waals surface area contributed by atoms with Gasteiger partial charge in [-0.05, 0) is 56.2 Å². The molecule has 0 radical (unpaired) electrons. The summed E-state index contributed by atoms with van der Waals surface area (Å²) in [6.07, 6.45) is 3.11. The van der Waals surface area contributed by atoms with Gasteiger partial charge >= 0.3 is 0 Å². The molecule has 0 heterocycles. The van der Waals surface area contributed by atoms with Gasteiger partial charge in [0.05, 0.1) is 13.7 Å². The van der Waals surface area contributed by atoms with Crippen molar-refractivity contribution in [3.05, 3.63) is 63.1 Å². The van der Waals surface area contributed by atoms with Crippen LogP contribution < -0.4 is 10.1 Å². The topological polar surface area (TPSA) is 58.6 Å². The summed E-state index contributed by atoms with van der Waals surface area (Å²) in [7, 11) is 3.17. The molecule has 148 valence electrons. The van der Waals surface area contributed by atoms with Gasteiger partial charge in [0.2, 0.25) is 11.8 Å². The first-order chi connectivity index (χ1) is 13.2. The Hall–Kier alpha value is -2.60. The Balaban J connectivity index is 2.02. The molecule has 6 heteroatoms. The van der Waals surface area contributed by atoms with E-state index in [2.05, 4.69) is 21.2 Å². The van der Waals surface area contributed by atoms with Crippen molar-refractivity contribution in [1.29, 1.82) is 0 Å². The van der Waals surface area contributed by atoms with Crippen LogP contribution in [-0.4, -0.2) is 37.4 Å². The molecule has 0 aliphatic heterocycles. The largest absolute Gasteiger partial charge is 0.496 e. The van der Waals surface area contributed by atoms with E-state index < -0.39 is 0 Å². The molecule has 0 aromatic heterocycles. The summed E-state index contributed by atoms with van der Waals surface area (Å²) in [5.74, 6) is 0.159. The number of benzene rings is 2. The lowest BCUT2D eigenvalue weighted by Gasteiger charge is -2.17. The van der Waals surface area contributed by atoms with Crippen LogP contribution in [0.15, 0.2) is 40.9 Å². The van der Waals surface area contributed by atoms with Gasteiger partial charge in [0.25, 0.3) is 0 Å². The van der Waals surface area contributed by atoms with Crippen molar-refractivity contribution >= 4 is 39.5 Å². The molecule has 2 aromatic rings. The minimum atomic E-state index is -0.269. The van der Waals surface area contributed by atoms with Crippen LogP contribution in [0.4, 0.5) is 5.69 Å². The molecular weight excluding hydrogens is 420 g/mol. The summed E-state index contributed by atoms with van der Waals surface area (Å²) >= 11 is 3.40. The zero-order valence-corrected chi connectivity index (χ0v) is 18.4. The van der Waals surface area contributed by atoms with Crippen LogP contribution in [-0.2, 0) is 9.59 Å². The van der Waals surface area contributed by atoms with E-state index in [0.29, 0.717) is 5.75 Å². The minimum Gasteiger partial charge on any atom is -0.496 e. The van der Waals surface area contributed by atoms with Gasteiger partial charge in [-0.15, -0.1) is 0 Å². The second kappa shape index (κ2) is 9.55. The maximum Gasteiger partial charge on any atom is 0.246 e. The van der Waals surface area contributed by atoms with Gasteiger partial charge in [-0.1, -0.05) is 33.6 Å². The van der Waals surface area contributed by atoms with Crippen LogP contribution in [0.2, 0.25) is 0 Å². The molecule has 28 heavy (non-hydrogen) atoms. The highest BCUT2D eigenvalue weighted by molar-refractivity contribution is 9.10. The first-order valence-corrected chi connectivity index (χ1v) is 9.65. The summed E-state index contributed by atoms with van der Waals surface area (Å²) in [5.41, 5.74) is 4.72. The molecule has 2 aromatic carbocycles. The standard InChI is InChI=1S/C22H25BrN2O3/c1-14-10-15(2)22(16(3)11-14)24-20(26)13-25(4)21(27)9-6-17-12-18(23)7-8-19(17)28-5/h6-12H,13H2,1-5H3,(H,24,26)/b9-6+. The number of anilines is 1. The number of nitrogens with zero attached hydrogens (tertiary/aromatic N) is 1. The predicted molar refractivity (Wildman–Crippen MR) is 117 cm³/mol. The van der Waals surface area contributed by atoms with E-state index in [4.69, 9.17) is 4.74 Å². The van der Waals surface area contributed by atoms with Crippen molar-refractivity contribution in [1.82, 2.24) is 4.90 Å². The van der Waals surface area contributed by atoms with Crippen LogP contribution in [0.25, 0.3) is 6.08 Å². The fourth-order valence-corrected chi connectivity index (χ4v) is 3.35. The average Bonchev–Trinajstić information content (AvgIpc) is 2.62. The van der Waals surface area contributed by atoms with E-state index in [-0.39, 0.29) is 18.4 Å². The number of nitrogens with one attached hydrogen (secondary N) is 1. The van der Waals surface area contributed by atoms with Crippen molar-refractivity contribution in [3.8, 4) is 5.75 Å². The molecule has 0 unspecified atom stereocenters. The fourth-order valence-electron chi connectivity index (χ4n) is 2.97. The molecular formula is C22H25BrN2O3. The maximum atomic E-state index is 12.4. The van der Waals surface area contributed by atoms with E-state index in [9.17, 15) is 9.59 Å². The van der Waals surface area contributed by atoms with Gasteiger partial charge < -0.3 is 15.0 Å². The first kappa shape index (κ1) is 21.7. The van der Waals surface area contributed by atoms with Crippen molar-refractivity contribution in [2.75, 3.05) is 26.0 Å². The van der Waals surface area contributed by atoms with Crippen LogP contribution in [0, 0.1) is 20.8 Å². The number of hydrogen-bond donors (Lipinski definition) is 1. The van der Waals surface area contributed by atoms with Crippen LogP contribution in [0.5, 0.6) is 5.75 Å².